The Morgan fingerprint density at radius 2 is 1.83 bits per heavy atom. The van der Waals surface area contributed by atoms with Crippen LogP contribution in [0.1, 0.15) is 31.6 Å². The molecule has 0 aliphatic heterocycles. The molecule has 0 bridgehead atoms. The van der Waals surface area contributed by atoms with E-state index in [0.29, 0.717) is 5.82 Å². The molecule has 1 N–H and O–H groups in total. The van der Waals surface area contributed by atoms with Crippen molar-refractivity contribution in [2.45, 2.75) is 25.9 Å². The second-order valence-corrected chi connectivity index (χ2v) is 5.46. The summed E-state index contributed by atoms with van der Waals surface area (Å²) in [6.07, 6.45) is 1.70. The molecule has 3 rings (SSSR count). The van der Waals surface area contributed by atoms with Crippen LogP contribution >= 0.6 is 0 Å². The van der Waals surface area contributed by atoms with E-state index in [1.807, 2.05) is 55.5 Å². The van der Waals surface area contributed by atoms with E-state index >= 15 is 0 Å². The van der Waals surface area contributed by atoms with Gasteiger partial charge in [0.05, 0.1) is 11.7 Å². The monoisotopic (exact) mass is 322 g/mol. The van der Waals surface area contributed by atoms with Crippen LogP contribution in [0.15, 0.2) is 54.7 Å². The maximum atomic E-state index is 12.4. The molecule has 2 aromatic heterocycles. The lowest BCUT2D eigenvalue weighted by atomic mass is 10.2. The molecule has 0 saturated heterocycles. The van der Waals surface area contributed by atoms with Crippen molar-refractivity contribution < 1.29 is 4.79 Å². The van der Waals surface area contributed by atoms with Crippen molar-refractivity contribution in [3.05, 3.63) is 60.4 Å². The van der Waals surface area contributed by atoms with Crippen molar-refractivity contribution in [1.29, 1.82) is 0 Å². The van der Waals surface area contributed by atoms with Crippen molar-refractivity contribution in [2.75, 3.05) is 0 Å². The minimum absolute atomic E-state index is 0.190. The van der Waals surface area contributed by atoms with Crippen LogP contribution in [0, 0.1) is 0 Å². The normalized spacial score (nSPS) is 13.2. The largest absolute Gasteiger partial charge is 0.346 e. The molecule has 7 nitrogen and oxygen atoms in total. The Hall–Kier alpha value is -3.09. The van der Waals surface area contributed by atoms with Crippen molar-refractivity contribution in [3.8, 4) is 11.4 Å². The third-order valence-corrected chi connectivity index (χ3v) is 3.68. The molecule has 1 aromatic carbocycles. The molecule has 0 fully saturated rings. The van der Waals surface area contributed by atoms with Gasteiger partial charge >= 0.3 is 0 Å². The Morgan fingerprint density at radius 1 is 1.08 bits per heavy atom. The fourth-order valence-corrected chi connectivity index (χ4v) is 2.24. The molecule has 0 saturated carbocycles. The zero-order valence-corrected chi connectivity index (χ0v) is 13.5. The summed E-state index contributed by atoms with van der Waals surface area (Å²) >= 11 is 0. The molecule has 2 heterocycles. The van der Waals surface area contributed by atoms with Gasteiger partial charge in [-0.25, -0.2) is 0 Å². The summed E-state index contributed by atoms with van der Waals surface area (Å²) in [5, 5.41) is 15.2. The highest BCUT2D eigenvalue weighted by molar-refractivity contribution is 5.80. The third-order valence-electron chi connectivity index (χ3n) is 3.68. The standard InChI is InChI=1S/C17H18N6O/c1-12(15-10-6-7-11-18-15)19-17(24)13(2)23-21-16(20-22-23)14-8-4-3-5-9-14/h3-13H,1-2H3,(H,19,24)/t12-,13+/m0/s1. The number of hydrogen-bond donors (Lipinski definition) is 1. The van der Waals surface area contributed by atoms with Crippen LogP contribution in [0.3, 0.4) is 0 Å². The molecule has 1 amide bonds. The molecule has 0 aliphatic carbocycles. The fraction of sp³-hybridized carbons (Fsp3) is 0.235. The number of benzene rings is 1. The number of rotatable bonds is 5. The smallest absolute Gasteiger partial charge is 0.247 e. The Bertz CT molecular complexity index is 802. The molecule has 0 radical (unpaired) electrons. The summed E-state index contributed by atoms with van der Waals surface area (Å²) < 4.78 is 0. The fourth-order valence-electron chi connectivity index (χ4n) is 2.24. The Morgan fingerprint density at radius 3 is 2.54 bits per heavy atom. The molecule has 7 heteroatoms. The van der Waals surface area contributed by atoms with Gasteiger partial charge in [0.15, 0.2) is 0 Å². The number of tetrazole rings is 1. The van der Waals surface area contributed by atoms with Crippen LogP contribution in [0.2, 0.25) is 0 Å². The number of carbonyl (C=O) groups is 1. The van der Waals surface area contributed by atoms with Gasteiger partial charge < -0.3 is 5.32 Å². The average molecular weight is 322 g/mol. The highest BCUT2D eigenvalue weighted by Gasteiger charge is 2.21. The lowest BCUT2D eigenvalue weighted by molar-refractivity contribution is -0.125. The topological polar surface area (TPSA) is 85.6 Å². The first-order chi connectivity index (χ1) is 11.6. The predicted molar refractivity (Wildman–Crippen MR) is 88.8 cm³/mol. The van der Waals surface area contributed by atoms with Crippen LogP contribution in [0.4, 0.5) is 0 Å². The lowest BCUT2D eigenvalue weighted by Gasteiger charge is -2.16. The van der Waals surface area contributed by atoms with Crippen molar-refractivity contribution in [2.24, 2.45) is 0 Å². The minimum Gasteiger partial charge on any atom is -0.346 e. The predicted octanol–water partition coefficient (Wildman–Crippen LogP) is 2.17. The summed E-state index contributed by atoms with van der Waals surface area (Å²) in [6, 6.07) is 14.4. The molecule has 2 atom stereocenters. The number of hydrogen-bond acceptors (Lipinski definition) is 5. The van der Waals surface area contributed by atoms with Gasteiger partial charge in [0.25, 0.3) is 0 Å². The number of nitrogens with zero attached hydrogens (tertiary/aromatic N) is 5. The van der Waals surface area contributed by atoms with Gasteiger partial charge in [0, 0.05) is 11.8 Å². The highest BCUT2D eigenvalue weighted by Crippen LogP contribution is 2.14. The van der Waals surface area contributed by atoms with Crippen LogP contribution < -0.4 is 5.32 Å². The Balaban J connectivity index is 1.69. The summed E-state index contributed by atoms with van der Waals surface area (Å²) in [5.41, 5.74) is 1.66. The van der Waals surface area contributed by atoms with Gasteiger partial charge in [-0.1, -0.05) is 36.4 Å². The van der Waals surface area contributed by atoms with Crippen LogP contribution in [-0.4, -0.2) is 31.1 Å². The van der Waals surface area contributed by atoms with Crippen molar-refractivity contribution in [3.63, 3.8) is 0 Å². The maximum absolute atomic E-state index is 12.4. The number of amides is 1. The minimum atomic E-state index is -0.568. The van der Waals surface area contributed by atoms with Crippen molar-refractivity contribution in [1.82, 2.24) is 30.5 Å². The van der Waals surface area contributed by atoms with E-state index in [2.05, 4.69) is 25.7 Å². The number of aromatic nitrogens is 5. The Labute approximate surface area is 139 Å². The van der Waals surface area contributed by atoms with Crippen LogP contribution in [-0.2, 0) is 4.79 Å². The van der Waals surface area contributed by atoms with Gasteiger partial charge in [-0.2, -0.15) is 4.80 Å². The van der Waals surface area contributed by atoms with Gasteiger partial charge in [-0.05, 0) is 31.2 Å². The first-order valence-corrected chi connectivity index (χ1v) is 7.71. The molecular weight excluding hydrogens is 304 g/mol. The van der Waals surface area contributed by atoms with E-state index in [1.54, 1.807) is 13.1 Å². The molecule has 3 aromatic rings. The molecule has 0 aliphatic rings. The van der Waals surface area contributed by atoms with E-state index in [1.165, 1.54) is 4.80 Å². The van der Waals surface area contributed by atoms with Gasteiger partial charge in [0.1, 0.15) is 6.04 Å². The summed E-state index contributed by atoms with van der Waals surface area (Å²) in [7, 11) is 0. The van der Waals surface area contributed by atoms with Gasteiger partial charge in [-0.15, -0.1) is 10.2 Å². The maximum Gasteiger partial charge on any atom is 0.247 e. The molecule has 122 valence electrons. The summed E-state index contributed by atoms with van der Waals surface area (Å²) in [4.78, 5) is 18.0. The lowest BCUT2D eigenvalue weighted by Crippen LogP contribution is -2.34. The van der Waals surface area contributed by atoms with Crippen molar-refractivity contribution >= 4 is 5.91 Å². The molecular formula is C17H18N6O. The SMILES string of the molecule is C[C@H](NC(=O)[C@@H](C)n1nnc(-c2ccccc2)n1)c1ccccn1. The number of pyridine rings is 1. The second kappa shape index (κ2) is 6.99. The first kappa shape index (κ1) is 15.8. The quantitative estimate of drug-likeness (QED) is 0.778. The van der Waals surface area contributed by atoms with E-state index in [9.17, 15) is 4.79 Å². The summed E-state index contributed by atoms with van der Waals surface area (Å²) in [6.45, 7) is 3.62. The zero-order chi connectivity index (χ0) is 16.9. The van der Waals surface area contributed by atoms with E-state index in [-0.39, 0.29) is 11.9 Å². The molecule has 24 heavy (non-hydrogen) atoms. The van der Waals surface area contributed by atoms with Gasteiger partial charge in [0.2, 0.25) is 11.7 Å². The Kier molecular flexibility index (Phi) is 4.60. The highest BCUT2D eigenvalue weighted by atomic mass is 16.2. The second-order valence-electron chi connectivity index (χ2n) is 5.46. The third kappa shape index (κ3) is 3.45. The molecule has 0 spiro atoms. The average Bonchev–Trinajstić information content (AvgIpc) is 3.12. The van der Waals surface area contributed by atoms with Crippen LogP contribution in [0.25, 0.3) is 11.4 Å². The van der Waals surface area contributed by atoms with Crippen LogP contribution in [0.5, 0.6) is 0 Å². The van der Waals surface area contributed by atoms with E-state index in [0.717, 1.165) is 11.3 Å². The van der Waals surface area contributed by atoms with E-state index in [4.69, 9.17) is 0 Å². The zero-order valence-electron chi connectivity index (χ0n) is 13.5. The summed E-state index contributed by atoms with van der Waals surface area (Å²) in [5.74, 6) is 0.304. The first-order valence-electron chi connectivity index (χ1n) is 7.71. The molecule has 0 unspecified atom stereocenters. The van der Waals surface area contributed by atoms with Gasteiger partial charge in [-0.3, -0.25) is 9.78 Å². The number of carbonyl (C=O) groups excluding carboxylic acids is 1. The number of nitrogens with one attached hydrogen (secondary N) is 1. The van der Waals surface area contributed by atoms with E-state index < -0.39 is 6.04 Å².